The third kappa shape index (κ3) is 1.25. The summed E-state index contributed by atoms with van der Waals surface area (Å²) in [5.41, 5.74) is 0.671. The lowest BCUT2D eigenvalue weighted by Crippen LogP contribution is -1.87. The molecule has 0 saturated heterocycles. The minimum atomic E-state index is -0.333. The number of aromatic nitrogens is 1. The summed E-state index contributed by atoms with van der Waals surface area (Å²) in [5, 5.41) is 0. The topological polar surface area (TPSA) is 12.9 Å². The summed E-state index contributed by atoms with van der Waals surface area (Å²) in [7, 11) is 0. The lowest BCUT2D eigenvalue weighted by molar-refractivity contribution is 0.603. The molecular weight excluding hydrogens is 117 g/mol. The first-order valence-electron chi connectivity index (χ1n) is 2.85. The molecule has 0 N–H and O–H groups in total. The van der Waals surface area contributed by atoms with E-state index in [1.807, 2.05) is 6.92 Å². The van der Waals surface area contributed by atoms with Crippen molar-refractivity contribution < 1.29 is 4.39 Å². The van der Waals surface area contributed by atoms with E-state index in [9.17, 15) is 4.39 Å². The number of hydrogen-bond acceptors (Lipinski definition) is 1. The van der Waals surface area contributed by atoms with E-state index < -0.39 is 0 Å². The van der Waals surface area contributed by atoms with Crippen LogP contribution in [0.1, 0.15) is 12.5 Å². The highest BCUT2D eigenvalue weighted by atomic mass is 19.1. The van der Waals surface area contributed by atoms with Crippen LogP contribution in [0.5, 0.6) is 0 Å². The molecule has 1 heterocycles. The predicted molar refractivity (Wildman–Crippen MR) is 32.4 cm³/mol. The maximum atomic E-state index is 12.5. The molecule has 47 valence electrons. The fourth-order valence-electron chi connectivity index (χ4n) is 0.639. The van der Waals surface area contributed by atoms with Gasteiger partial charge in [-0.1, -0.05) is 6.92 Å². The lowest BCUT2D eigenvalue weighted by atomic mass is 10.2. The second-order valence-corrected chi connectivity index (χ2v) is 1.75. The Bertz CT molecular complexity index is 198. The molecule has 1 aromatic heterocycles. The Morgan fingerprint density at radius 3 is 3.00 bits per heavy atom. The van der Waals surface area contributed by atoms with Crippen molar-refractivity contribution in [1.29, 1.82) is 0 Å². The Hall–Kier alpha value is -0.920. The molecule has 1 aromatic rings. The van der Waals surface area contributed by atoms with E-state index >= 15 is 0 Å². The van der Waals surface area contributed by atoms with E-state index in [0.29, 0.717) is 12.0 Å². The molecule has 2 heteroatoms. The van der Waals surface area contributed by atoms with Crippen LogP contribution < -0.4 is 0 Å². The monoisotopic (exact) mass is 124 g/mol. The second kappa shape index (κ2) is 2.58. The molecule has 0 aromatic carbocycles. The first-order valence-corrected chi connectivity index (χ1v) is 2.85. The quantitative estimate of drug-likeness (QED) is 0.554. The Balaban J connectivity index is 3.01. The molecule has 0 bridgehead atoms. The van der Waals surface area contributed by atoms with Crippen LogP contribution in [0.2, 0.25) is 0 Å². The van der Waals surface area contributed by atoms with Crippen molar-refractivity contribution in [2.45, 2.75) is 13.3 Å². The molecule has 9 heavy (non-hydrogen) atoms. The fraction of sp³-hybridized carbons (Fsp3) is 0.286. The van der Waals surface area contributed by atoms with E-state index in [-0.39, 0.29) is 5.82 Å². The van der Waals surface area contributed by atoms with Gasteiger partial charge in [-0.3, -0.25) is 4.98 Å². The van der Waals surface area contributed by atoms with Gasteiger partial charge >= 0.3 is 0 Å². The standard InChI is InChI=1S/C7H7FN/c1-2-6-3-4-9-5-7(6)8/h3-4H,2H2,1H3. The fourth-order valence-corrected chi connectivity index (χ4v) is 0.639. The Kier molecular flexibility index (Phi) is 1.78. The lowest BCUT2D eigenvalue weighted by Gasteiger charge is -1.93. The van der Waals surface area contributed by atoms with Gasteiger partial charge < -0.3 is 0 Å². The number of pyridine rings is 1. The average molecular weight is 124 g/mol. The van der Waals surface area contributed by atoms with Crippen LogP contribution >= 0.6 is 0 Å². The summed E-state index contributed by atoms with van der Waals surface area (Å²) in [6, 6.07) is 1.66. The maximum Gasteiger partial charge on any atom is 0.154 e. The van der Waals surface area contributed by atoms with E-state index in [1.54, 1.807) is 12.3 Å². The molecule has 0 spiro atoms. The van der Waals surface area contributed by atoms with Gasteiger partial charge in [0.25, 0.3) is 0 Å². The molecule has 0 aliphatic rings. The summed E-state index contributed by atoms with van der Waals surface area (Å²) in [5.74, 6) is -0.333. The summed E-state index contributed by atoms with van der Waals surface area (Å²) >= 11 is 0. The van der Waals surface area contributed by atoms with Crippen LogP contribution in [0.25, 0.3) is 0 Å². The molecule has 0 unspecified atom stereocenters. The van der Waals surface area contributed by atoms with Gasteiger partial charge in [-0.05, 0) is 18.1 Å². The molecule has 1 rings (SSSR count). The molecule has 1 radical (unpaired) electrons. The highest BCUT2D eigenvalue weighted by Crippen LogP contribution is 2.02. The third-order valence-corrected chi connectivity index (χ3v) is 1.18. The number of halogens is 1. The van der Waals surface area contributed by atoms with E-state index in [4.69, 9.17) is 0 Å². The molecular formula is C7H7FN. The van der Waals surface area contributed by atoms with Gasteiger partial charge in [0.05, 0.1) is 0 Å². The van der Waals surface area contributed by atoms with Gasteiger partial charge in [-0.15, -0.1) is 0 Å². The van der Waals surface area contributed by atoms with Gasteiger partial charge in [-0.2, -0.15) is 0 Å². The van der Waals surface area contributed by atoms with E-state index in [0.717, 1.165) is 0 Å². The summed E-state index contributed by atoms with van der Waals surface area (Å²) in [6.45, 7) is 1.90. The van der Waals surface area contributed by atoms with E-state index in [2.05, 4.69) is 11.2 Å². The van der Waals surface area contributed by atoms with Crippen LogP contribution in [0.15, 0.2) is 12.3 Å². The van der Waals surface area contributed by atoms with Gasteiger partial charge in [-0.25, -0.2) is 4.39 Å². The first-order chi connectivity index (χ1) is 4.34. The summed E-state index contributed by atoms with van der Waals surface area (Å²) in [4.78, 5) is 3.49. The van der Waals surface area contributed by atoms with Gasteiger partial charge in [0.1, 0.15) is 6.20 Å². The number of hydrogen-bond donors (Lipinski definition) is 0. The van der Waals surface area contributed by atoms with Gasteiger partial charge in [0, 0.05) is 6.20 Å². The number of nitrogens with zero attached hydrogens (tertiary/aromatic N) is 1. The molecule has 0 atom stereocenters. The van der Waals surface area contributed by atoms with Gasteiger partial charge in [0.2, 0.25) is 0 Å². The zero-order chi connectivity index (χ0) is 6.69. The second-order valence-electron chi connectivity index (χ2n) is 1.75. The minimum Gasteiger partial charge on any atom is -0.251 e. The largest absolute Gasteiger partial charge is 0.251 e. The predicted octanol–water partition coefficient (Wildman–Crippen LogP) is 1.58. The molecule has 0 amide bonds. The smallest absolute Gasteiger partial charge is 0.154 e. The van der Waals surface area contributed by atoms with Crippen molar-refractivity contribution in [2.75, 3.05) is 0 Å². The van der Waals surface area contributed by atoms with Crippen molar-refractivity contribution in [3.63, 3.8) is 0 Å². The molecule has 0 fully saturated rings. The highest BCUT2D eigenvalue weighted by molar-refractivity contribution is 5.10. The molecule has 1 nitrogen and oxygen atoms in total. The normalized spacial score (nSPS) is 9.56. The SMILES string of the molecule is CCc1ccn[c]c1F. The van der Waals surface area contributed by atoms with Crippen molar-refractivity contribution >= 4 is 0 Å². The Morgan fingerprint density at radius 2 is 2.56 bits per heavy atom. The van der Waals surface area contributed by atoms with E-state index in [1.165, 1.54) is 0 Å². The van der Waals surface area contributed by atoms with Crippen molar-refractivity contribution in [3.05, 3.63) is 29.8 Å². The van der Waals surface area contributed by atoms with Crippen molar-refractivity contribution in [3.8, 4) is 0 Å². The average Bonchev–Trinajstić information content (AvgIpc) is 1.89. The van der Waals surface area contributed by atoms with Crippen LogP contribution in [0.3, 0.4) is 0 Å². The third-order valence-electron chi connectivity index (χ3n) is 1.18. The number of aryl methyl sites for hydroxylation is 1. The minimum absolute atomic E-state index is 0.333. The summed E-state index contributed by atoms with van der Waals surface area (Å²) < 4.78 is 12.5. The molecule has 0 aliphatic carbocycles. The van der Waals surface area contributed by atoms with Crippen LogP contribution in [0, 0.1) is 12.0 Å². The molecule has 0 saturated carbocycles. The Labute approximate surface area is 53.5 Å². The van der Waals surface area contributed by atoms with Crippen LogP contribution in [0.4, 0.5) is 4.39 Å². The maximum absolute atomic E-state index is 12.5. The number of rotatable bonds is 1. The molecule has 0 aliphatic heterocycles. The van der Waals surface area contributed by atoms with Crippen LogP contribution in [-0.4, -0.2) is 4.98 Å². The Morgan fingerprint density at radius 1 is 1.78 bits per heavy atom. The van der Waals surface area contributed by atoms with Crippen molar-refractivity contribution in [2.24, 2.45) is 0 Å². The first kappa shape index (κ1) is 6.20. The summed E-state index contributed by atoms with van der Waals surface area (Å²) in [6.07, 6.45) is 4.48. The zero-order valence-corrected chi connectivity index (χ0v) is 5.19. The van der Waals surface area contributed by atoms with Crippen molar-refractivity contribution in [1.82, 2.24) is 4.98 Å². The highest BCUT2D eigenvalue weighted by Gasteiger charge is 1.95. The van der Waals surface area contributed by atoms with Crippen LogP contribution in [-0.2, 0) is 6.42 Å². The van der Waals surface area contributed by atoms with Gasteiger partial charge in [0.15, 0.2) is 5.82 Å². The zero-order valence-electron chi connectivity index (χ0n) is 5.19.